The van der Waals surface area contributed by atoms with Crippen molar-refractivity contribution in [1.82, 2.24) is 10.2 Å². The van der Waals surface area contributed by atoms with Crippen molar-refractivity contribution in [3.63, 3.8) is 0 Å². The molecule has 2 atom stereocenters. The number of imide groups is 1. The van der Waals surface area contributed by atoms with Crippen molar-refractivity contribution in [2.45, 2.75) is 19.4 Å². The van der Waals surface area contributed by atoms with Crippen LogP contribution in [0.4, 0.5) is 0 Å². The van der Waals surface area contributed by atoms with Gasteiger partial charge in [-0.3, -0.25) is 19.3 Å². The summed E-state index contributed by atoms with van der Waals surface area (Å²) in [5.41, 5.74) is 0.838. The second-order valence-corrected chi connectivity index (χ2v) is 6.01. The van der Waals surface area contributed by atoms with Gasteiger partial charge in [-0.2, -0.15) is 0 Å². The summed E-state index contributed by atoms with van der Waals surface area (Å²) >= 11 is 0. The Balaban J connectivity index is 1.59. The van der Waals surface area contributed by atoms with Gasteiger partial charge >= 0.3 is 0 Å². The number of likely N-dealkylation sites (tertiary alicyclic amines) is 1. The Labute approximate surface area is 140 Å². The topological polar surface area (TPSA) is 75.7 Å². The van der Waals surface area contributed by atoms with E-state index >= 15 is 0 Å². The first kappa shape index (κ1) is 16.2. The number of para-hydroxylation sites is 1. The maximum Gasteiger partial charge on any atom is 0.240 e. The summed E-state index contributed by atoms with van der Waals surface area (Å²) in [6.07, 6.45) is 5.01. The molecule has 1 N–H and O–H groups in total. The molecule has 0 bridgehead atoms. The summed E-state index contributed by atoms with van der Waals surface area (Å²) in [5.74, 6) is -0.741. The van der Waals surface area contributed by atoms with Crippen molar-refractivity contribution in [3.8, 4) is 5.75 Å². The van der Waals surface area contributed by atoms with Gasteiger partial charge in [0.15, 0.2) is 0 Å². The number of benzene rings is 1. The molecule has 2 aliphatic rings. The number of hydrogen-bond acceptors (Lipinski definition) is 4. The summed E-state index contributed by atoms with van der Waals surface area (Å²) in [6.45, 7) is 0.0628. The van der Waals surface area contributed by atoms with Crippen molar-refractivity contribution in [3.05, 3.63) is 42.0 Å². The number of ether oxygens (including phenoxy) is 1. The van der Waals surface area contributed by atoms with Crippen LogP contribution in [0, 0.1) is 11.8 Å². The molecular weight excluding hydrogens is 308 g/mol. The van der Waals surface area contributed by atoms with Gasteiger partial charge in [0.05, 0.1) is 18.9 Å². The van der Waals surface area contributed by atoms with Crippen molar-refractivity contribution >= 4 is 17.7 Å². The van der Waals surface area contributed by atoms with Crippen LogP contribution >= 0.6 is 0 Å². The van der Waals surface area contributed by atoms with Gasteiger partial charge in [0.25, 0.3) is 0 Å². The van der Waals surface area contributed by atoms with E-state index in [1.54, 1.807) is 7.11 Å². The summed E-state index contributed by atoms with van der Waals surface area (Å²) in [4.78, 5) is 37.9. The third-order valence-corrected chi connectivity index (χ3v) is 4.57. The second-order valence-electron chi connectivity index (χ2n) is 6.01. The number of carbonyl (C=O) groups excluding carboxylic acids is 3. The smallest absolute Gasteiger partial charge is 0.240 e. The van der Waals surface area contributed by atoms with Gasteiger partial charge in [-0.05, 0) is 18.9 Å². The molecule has 24 heavy (non-hydrogen) atoms. The van der Waals surface area contributed by atoms with Gasteiger partial charge in [-0.1, -0.05) is 30.4 Å². The van der Waals surface area contributed by atoms with Gasteiger partial charge in [-0.25, -0.2) is 0 Å². The Bertz CT molecular complexity index is 672. The zero-order valence-electron chi connectivity index (χ0n) is 13.5. The van der Waals surface area contributed by atoms with Gasteiger partial charge in [0, 0.05) is 12.1 Å². The first-order chi connectivity index (χ1) is 11.6. The van der Waals surface area contributed by atoms with E-state index in [4.69, 9.17) is 4.74 Å². The van der Waals surface area contributed by atoms with Crippen molar-refractivity contribution in [1.29, 1.82) is 0 Å². The number of carbonyl (C=O) groups is 3. The third-order valence-electron chi connectivity index (χ3n) is 4.57. The Morgan fingerprint density at radius 2 is 1.79 bits per heavy atom. The van der Waals surface area contributed by atoms with Crippen molar-refractivity contribution in [2.75, 3.05) is 13.7 Å². The Morgan fingerprint density at radius 1 is 1.17 bits per heavy atom. The van der Waals surface area contributed by atoms with Gasteiger partial charge in [-0.15, -0.1) is 0 Å². The van der Waals surface area contributed by atoms with E-state index in [1.807, 2.05) is 36.4 Å². The van der Waals surface area contributed by atoms with E-state index in [2.05, 4.69) is 5.32 Å². The normalized spacial score (nSPS) is 22.5. The van der Waals surface area contributed by atoms with Crippen LogP contribution in [0.2, 0.25) is 0 Å². The lowest BCUT2D eigenvalue weighted by atomic mass is 9.85. The van der Waals surface area contributed by atoms with Crippen LogP contribution in [0.25, 0.3) is 0 Å². The van der Waals surface area contributed by atoms with E-state index < -0.39 is 0 Å². The molecule has 6 nitrogen and oxygen atoms in total. The fourth-order valence-electron chi connectivity index (χ4n) is 3.27. The standard InChI is InChI=1S/C18H20N2O4/c1-24-15-9-5-2-6-12(15)10-19-16(21)11-20-17(22)13-7-3-4-8-14(13)18(20)23/h2-6,9,13-14H,7-8,10-11H2,1H3,(H,19,21)/t13-,14-/m1/s1. The van der Waals surface area contributed by atoms with E-state index in [-0.39, 0.29) is 42.6 Å². The van der Waals surface area contributed by atoms with Crippen LogP contribution in [-0.4, -0.2) is 36.3 Å². The summed E-state index contributed by atoms with van der Waals surface area (Å²) in [7, 11) is 1.57. The molecule has 6 heteroatoms. The molecule has 1 aromatic rings. The zero-order valence-corrected chi connectivity index (χ0v) is 13.5. The quantitative estimate of drug-likeness (QED) is 0.652. The average Bonchev–Trinajstić information content (AvgIpc) is 2.85. The molecule has 1 aromatic carbocycles. The SMILES string of the molecule is COc1ccccc1CNC(=O)CN1C(=O)[C@@H]2CC=CC[C@H]2C1=O. The number of hydrogen-bond donors (Lipinski definition) is 1. The lowest BCUT2D eigenvalue weighted by Crippen LogP contribution is -2.40. The monoisotopic (exact) mass is 328 g/mol. The van der Waals surface area contributed by atoms with Gasteiger partial charge < -0.3 is 10.1 Å². The van der Waals surface area contributed by atoms with Crippen LogP contribution in [0.3, 0.4) is 0 Å². The molecule has 3 rings (SSSR count). The van der Waals surface area contributed by atoms with Gasteiger partial charge in [0.2, 0.25) is 17.7 Å². The number of rotatable bonds is 5. The first-order valence-electron chi connectivity index (χ1n) is 8.00. The third kappa shape index (κ3) is 3.04. The summed E-state index contributed by atoms with van der Waals surface area (Å²) < 4.78 is 5.23. The fourth-order valence-corrected chi connectivity index (χ4v) is 3.27. The molecule has 1 heterocycles. The van der Waals surface area contributed by atoms with E-state index in [9.17, 15) is 14.4 Å². The molecule has 0 saturated carbocycles. The maximum absolute atomic E-state index is 12.3. The van der Waals surface area contributed by atoms with Crippen LogP contribution < -0.4 is 10.1 Å². The highest BCUT2D eigenvalue weighted by atomic mass is 16.5. The van der Waals surface area contributed by atoms with Crippen molar-refractivity contribution < 1.29 is 19.1 Å². The predicted octanol–water partition coefficient (Wildman–Crippen LogP) is 1.26. The Morgan fingerprint density at radius 3 is 2.42 bits per heavy atom. The molecule has 126 valence electrons. The maximum atomic E-state index is 12.3. The van der Waals surface area contributed by atoms with Crippen LogP contribution in [0.5, 0.6) is 5.75 Å². The summed E-state index contributed by atoms with van der Waals surface area (Å²) in [5, 5.41) is 2.74. The molecule has 0 radical (unpaired) electrons. The molecule has 1 aliphatic heterocycles. The fraction of sp³-hybridized carbons (Fsp3) is 0.389. The molecule has 0 aromatic heterocycles. The molecule has 0 unspecified atom stereocenters. The minimum Gasteiger partial charge on any atom is -0.496 e. The van der Waals surface area contributed by atoms with Crippen LogP contribution in [0.1, 0.15) is 18.4 Å². The largest absolute Gasteiger partial charge is 0.496 e. The predicted molar refractivity (Wildman–Crippen MR) is 86.9 cm³/mol. The zero-order chi connectivity index (χ0) is 17.1. The first-order valence-corrected chi connectivity index (χ1v) is 8.00. The van der Waals surface area contributed by atoms with Crippen LogP contribution in [-0.2, 0) is 20.9 Å². The second kappa shape index (κ2) is 6.86. The van der Waals surface area contributed by atoms with E-state index in [0.29, 0.717) is 18.6 Å². The minimum atomic E-state index is -0.353. The number of nitrogens with one attached hydrogen (secondary N) is 1. The molecule has 0 spiro atoms. The molecular formula is C18H20N2O4. The highest BCUT2D eigenvalue weighted by Gasteiger charge is 2.47. The Hall–Kier alpha value is -2.63. The number of methoxy groups -OCH3 is 1. The summed E-state index contributed by atoms with van der Waals surface area (Å²) in [6, 6.07) is 7.37. The minimum absolute atomic E-state index is 0.222. The molecule has 1 fully saturated rings. The van der Waals surface area contributed by atoms with Crippen LogP contribution in [0.15, 0.2) is 36.4 Å². The lowest BCUT2D eigenvalue weighted by molar-refractivity contribution is -0.143. The number of allylic oxidation sites excluding steroid dienone is 2. The lowest BCUT2D eigenvalue weighted by Gasteiger charge is -2.15. The van der Waals surface area contributed by atoms with E-state index in [1.165, 1.54) is 0 Å². The van der Waals surface area contributed by atoms with E-state index in [0.717, 1.165) is 10.5 Å². The molecule has 3 amide bonds. The highest BCUT2D eigenvalue weighted by Crippen LogP contribution is 2.34. The molecule has 1 saturated heterocycles. The number of amides is 3. The van der Waals surface area contributed by atoms with Gasteiger partial charge in [0.1, 0.15) is 12.3 Å². The van der Waals surface area contributed by atoms with Crippen molar-refractivity contribution in [2.24, 2.45) is 11.8 Å². The number of fused-ring (bicyclic) bond motifs is 1. The number of nitrogens with zero attached hydrogens (tertiary/aromatic N) is 1. The highest BCUT2D eigenvalue weighted by molar-refractivity contribution is 6.07. The average molecular weight is 328 g/mol. The Kier molecular flexibility index (Phi) is 4.64. The molecule has 1 aliphatic carbocycles.